The monoisotopic (exact) mass is 247 g/mol. The Kier molecular flexibility index (Phi) is 4.32. The Hall–Kier alpha value is -0.620. The first kappa shape index (κ1) is 13.4. The molecule has 0 aromatic rings. The molecule has 94 valence electrons. The van der Waals surface area contributed by atoms with E-state index in [-0.39, 0.29) is 11.6 Å². The van der Waals surface area contributed by atoms with E-state index in [9.17, 15) is 8.42 Å². The van der Waals surface area contributed by atoms with E-state index in [1.165, 1.54) is 4.31 Å². The summed E-state index contributed by atoms with van der Waals surface area (Å²) in [7, 11) is -3.24. The van der Waals surface area contributed by atoms with Crippen LogP contribution in [0.1, 0.15) is 33.1 Å². The van der Waals surface area contributed by atoms with Crippen LogP contribution in [0.25, 0.3) is 0 Å². The lowest BCUT2D eigenvalue weighted by Crippen LogP contribution is -2.44. The molecule has 1 unspecified atom stereocenters. The third-order valence-electron chi connectivity index (χ3n) is 2.87. The first-order valence-corrected chi connectivity index (χ1v) is 7.29. The van der Waals surface area contributed by atoms with Crippen LogP contribution in [0.3, 0.4) is 0 Å². The molecule has 1 saturated heterocycles. The van der Waals surface area contributed by atoms with Crippen LogP contribution >= 0.6 is 0 Å². The second-order valence-electron chi connectivity index (χ2n) is 4.72. The number of rotatable bonds is 5. The summed E-state index contributed by atoms with van der Waals surface area (Å²) in [5.74, 6) is 0.493. The number of nitrogens with zero attached hydrogens (tertiary/aromatic N) is 1. The molecule has 0 radical (unpaired) electrons. The van der Waals surface area contributed by atoms with Gasteiger partial charge in [0.25, 0.3) is 0 Å². The Morgan fingerprint density at radius 2 is 2.19 bits per heavy atom. The summed E-state index contributed by atoms with van der Waals surface area (Å²) in [5.41, 5.74) is 5.42. The predicted octanol–water partition coefficient (Wildman–Crippen LogP) is 0.763. The zero-order chi connectivity index (χ0) is 12.3. The molecule has 1 fully saturated rings. The van der Waals surface area contributed by atoms with Gasteiger partial charge < -0.3 is 5.73 Å². The number of nitrogens with one attached hydrogen (secondary N) is 1. The molecule has 0 aliphatic carbocycles. The number of amidine groups is 1. The van der Waals surface area contributed by atoms with Gasteiger partial charge in [0.15, 0.2) is 0 Å². The quantitative estimate of drug-likeness (QED) is 0.555. The van der Waals surface area contributed by atoms with Crippen LogP contribution < -0.4 is 5.73 Å². The van der Waals surface area contributed by atoms with Gasteiger partial charge in [-0.3, -0.25) is 5.41 Å². The second kappa shape index (κ2) is 5.14. The van der Waals surface area contributed by atoms with Crippen molar-refractivity contribution in [3.8, 4) is 0 Å². The van der Waals surface area contributed by atoms with Gasteiger partial charge in [-0.25, -0.2) is 8.42 Å². The molecule has 5 nitrogen and oxygen atoms in total. The van der Waals surface area contributed by atoms with Crippen molar-refractivity contribution in [2.75, 3.05) is 12.3 Å². The average Bonchev–Trinajstić information content (AvgIpc) is 2.63. The summed E-state index contributed by atoms with van der Waals surface area (Å²) >= 11 is 0. The molecular weight excluding hydrogens is 226 g/mol. The molecule has 1 aliphatic heterocycles. The Bertz CT molecular complexity index is 351. The van der Waals surface area contributed by atoms with E-state index < -0.39 is 16.1 Å². The zero-order valence-electron chi connectivity index (χ0n) is 9.94. The molecule has 0 saturated carbocycles. The van der Waals surface area contributed by atoms with Crippen LogP contribution in [0, 0.1) is 11.3 Å². The van der Waals surface area contributed by atoms with Crippen LogP contribution in [-0.2, 0) is 10.0 Å². The van der Waals surface area contributed by atoms with Gasteiger partial charge in [-0.1, -0.05) is 13.8 Å². The van der Waals surface area contributed by atoms with Crippen molar-refractivity contribution in [3.63, 3.8) is 0 Å². The van der Waals surface area contributed by atoms with Crippen molar-refractivity contribution in [2.24, 2.45) is 11.7 Å². The smallest absolute Gasteiger partial charge is 0.214 e. The van der Waals surface area contributed by atoms with Crippen molar-refractivity contribution in [3.05, 3.63) is 0 Å². The Morgan fingerprint density at radius 1 is 1.56 bits per heavy atom. The van der Waals surface area contributed by atoms with Crippen LogP contribution in [0.2, 0.25) is 0 Å². The minimum Gasteiger partial charge on any atom is -0.386 e. The summed E-state index contributed by atoms with van der Waals surface area (Å²) in [6.45, 7) is 4.51. The molecule has 16 heavy (non-hydrogen) atoms. The fraction of sp³-hybridized carbons (Fsp3) is 0.900. The van der Waals surface area contributed by atoms with Gasteiger partial charge in [-0.05, 0) is 25.2 Å². The van der Waals surface area contributed by atoms with Crippen molar-refractivity contribution < 1.29 is 8.42 Å². The number of sulfonamides is 1. The highest BCUT2D eigenvalue weighted by molar-refractivity contribution is 7.89. The van der Waals surface area contributed by atoms with Crippen LogP contribution in [0.5, 0.6) is 0 Å². The largest absolute Gasteiger partial charge is 0.386 e. The van der Waals surface area contributed by atoms with E-state index in [1.807, 2.05) is 13.8 Å². The first-order valence-electron chi connectivity index (χ1n) is 5.68. The Balaban J connectivity index is 2.71. The summed E-state index contributed by atoms with van der Waals surface area (Å²) in [5, 5.41) is 7.39. The molecule has 1 rings (SSSR count). The average molecular weight is 247 g/mol. The highest BCUT2D eigenvalue weighted by Crippen LogP contribution is 2.22. The normalized spacial score (nSPS) is 22.8. The third kappa shape index (κ3) is 3.18. The van der Waals surface area contributed by atoms with Gasteiger partial charge in [0.2, 0.25) is 10.0 Å². The molecule has 0 spiro atoms. The minimum atomic E-state index is -3.24. The third-order valence-corrected chi connectivity index (χ3v) is 4.78. The molecule has 6 heteroatoms. The minimum absolute atomic E-state index is 0.0365. The van der Waals surface area contributed by atoms with Gasteiger partial charge in [0.1, 0.15) is 5.84 Å². The molecule has 0 aromatic carbocycles. The van der Waals surface area contributed by atoms with Crippen molar-refractivity contribution in [2.45, 2.75) is 39.2 Å². The van der Waals surface area contributed by atoms with Crippen molar-refractivity contribution >= 4 is 15.9 Å². The summed E-state index contributed by atoms with van der Waals surface area (Å²) in [6, 6.07) is -0.405. The van der Waals surface area contributed by atoms with Crippen LogP contribution in [-0.4, -0.2) is 36.9 Å². The molecule has 0 amide bonds. The summed E-state index contributed by atoms with van der Waals surface area (Å²) in [6.07, 6.45) is 2.13. The lowest BCUT2D eigenvalue weighted by molar-refractivity contribution is 0.438. The molecule has 3 N–H and O–H groups in total. The molecular formula is C10H21N3O2S. The lowest BCUT2D eigenvalue weighted by Gasteiger charge is -2.23. The Labute approximate surface area is 97.6 Å². The van der Waals surface area contributed by atoms with E-state index >= 15 is 0 Å². The van der Waals surface area contributed by atoms with Gasteiger partial charge in [-0.2, -0.15) is 4.31 Å². The maximum absolute atomic E-state index is 12.0. The van der Waals surface area contributed by atoms with Gasteiger partial charge in [-0.15, -0.1) is 0 Å². The predicted molar refractivity (Wildman–Crippen MR) is 64.9 cm³/mol. The number of nitrogens with two attached hydrogens (primary N) is 1. The fourth-order valence-corrected chi connectivity index (χ4v) is 3.90. The molecule has 0 bridgehead atoms. The molecule has 1 atom stereocenters. The zero-order valence-corrected chi connectivity index (χ0v) is 10.8. The van der Waals surface area contributed by atoms with E-state index in [4.69, 9.17) is 11.1 Å². The van der Waals surface area contributed by atoms with E-state index in [0.717, 1.165) is 6.42 Å². The standard InChI is InChI=1S/C10H21N3O2S/c1-8(2)5-7-16(14,15)13-6-3-4-9(13)10(11)12/h8-9H,3-7H2,1-2H3,(H3,11,12). The second-order valence-corrected chi connectivity index (χ2v) is 6.76. The van der Waals surface area contributed by atoms with Crippen molar-refractivity contribution in [1.82, 2.24) is 4.31 Å². The number of hydrogen-bond acceptors (Lipinski definition) is 3. The van der Waals surface area contributed by atoms with E-state index in [1.54, 1.807) is 0 Å². The molecule has 1 aliphatic rings. The van der Waals surface area contributed by atoms with Gasteiger partial charge in [0, 0.05) is 6.54 Å². The topological polar surface area (TPSA) is 87.2 Å². The summed E-state index contributed by atoms with van der Waals surface area (Å²) in [4.78, 5) is 0. The summed E-state index contributed by atoms with van der Waals surface area (Å²) < 4.78 is 25.5. The maximum Gasteiger partial charge on any atom is 0.214 e. The van der Waals surface area contributed by atoms with Gasteiger partial charge in [0.05, 0.1) is 11.8 Å². The van der Waals surface area contributed by atoms with E-state index in [2.05, 4.69) is 0 Å². The molecule has 0 aromatic heterocycles. The number of hydrogen-bond donors (Lipinski definition) is 2. The highest BCUT2D eigenvalue weighted by atomic mass is 32.2. The lowest BCUT2D eigenvalue weighted by atomic mass is 10.2. The van der Waals surface area contributed by atoms with Crippen LogP contribution in [0.15, 0.2) is 0 Å². The Morgan fingerprint density at radius 3 is 2.69 bits per heavy atom. The van der Waals surface area contributed by atoms with Crippen molar-refractivity contribution in [1.29, 1.82) is 5.41 Å². The van der Waals surface area contributed by atoms with Gasteiger partial charge >= 0.3 is 0 Å². The fourth-order valence-electron chi connectivity index (χ4n) is 1.89. The molecule has 1 heterocycles. The highest BCUT2D eigenvalue weighted by Gasteiger charge is 2.35. The maximum atomic E-state index is 12.0. The van der Waals surface area contributed by atoms with Crippen LogP contribution in [0.4, 0.5) is 0 Å². The van der Waals surface area contributed by atoms with E-state index in [0.29, 0.717) is 25.3 Å². The SMILES string of the molecule is CC(C)CCS(=O)(=O)N1CCCC1C(=N)N. The first-order chi connectivity index (χ1) is 7.34.